The normalized spacial score (nSPS) is 26.6. The number of allylic oxidation sites excluding steroid dienone is 2. The van der Waals surface area contributed by atoms with E-state index in [-0.39, 0.29) is 18.3 Å². The van der Waals surface area contributed by atoms with E-state index in [0.29, 0.717) is 34.8 Å². The largest absolute Gasteiger partial charge is 0.489 e. The lowest BCUT2D eigenvalue weighted by atomic mass is 9.90. The number of nitrogen functional groups attached to an aromatic ring is 1. The molecule has 6 nitrogen and oxygen atoms in total. The van der Waals surface area contributed by atoms with Crippen LogP contribution in [0.4, 0.5) is 5.69 Å². The number of benzene rings is 1. The molecule has 0 saturated carbocycles. The van der Waals surface area contributed by atoms with E-state index in [9.17, 15) is 9.59 Å². The van der Waals surface area contributed by atoms with Gasteiger partial charge in [0, 0.05) is 29.3 Å². The minimum Gasteiger partial charge on any atom is -0.489 e. The van der Waals surface area contributed by atoms with E-state index in [2.05, 4.69) is 6.92 Å². The maximum Gasteiger partial charge on any atom is 0.331 e. The fraction of sp³-hybridized carbons (Fsp3) is 0.308. The number of para-hydroxylation sites is 1. The summed E-state index contributed by atoms with van der Waals surface area (Å²) in [6, 6.07) is 7.56. The Hall–Kier alpha value is -3.54. The van der Waals surface area contributed by atoms with Crippen molar-refractivity contribution >= 4 is 17.4 Å². The van der Waals surface area contributed by atoms with Gasteiger partial charge in [0.1, 0.15) is 23.7 Å². The lowest BCUT2D eigenvalue weighted by Crippen LogP contribution is -2.27. The monoisotopic (exact) mass is 431 g/mol. The van der Waals surface area contributed by atoms with E-state index in [1.54, 1.807) is 6.08 Å². The Morgan fingerprint density at radius 3 is 2.66 bits per heavy atom. The zero-order valence-electron chi connectivity index (χ0n) is 18.1. The fourth-order valence-corrected chi connectivity index (χ4v) is 4.64. The Labute approximate surface area is 186 Å². The minimum absolute atomic E-state index is 0.0303. The Morgan fingerprint density at radius 1 is 1.06 bits per heavy atom. The standard InChI is InChI=1S/C26H25NO5/c1-3-6-15-12-23(29)31-22-13-18-20(28)11-14(2)30-25(18)17-9-10-21(32-26(17)24(15)22)16-7-4-5-8-19(16)27/h4-5,7-10,12-14,21-22H,3,6,11,27H2,1-2H3. The second-order valence-corrected chi connectivity index (χ2v) is 8.43. The van der Waals surface area contributed by atoms with Gasteiger partial charge in [0.15, 0.2) is 11.9 Å². The number of anilines is 1. The quantitative estimate of drug-likeness (QED) is 0.565. The number of carbonyl (C=O) groups excluding carboxylic acids is 2. The average Bonchev–Trinajstić information content (AvgIpc) is 2.89. The summed E-state index contributed by atoms with van der Waals surface area (Å²) in [5, 5.41) is 0. The van der Waals surface area contributed by atoms with Crippen molar-refractivity contribution < 1.29 is 23.8 Å². The highest BCUT2D eigenvalue weighted by Gasteiger charge is 2.40. The second-order valence-electron chi connectivity index (χ2n) is 8.43. The summed E-state index contributed by atoms with van der Waals surface area (Å²) in [4.78, 5) is 25.3. The first-order valence-corrected chi connectivity index (χ1v) is 11.0. The molecule has 5 rings (SSSR count). The molecular formula is C26H25NO5. The Morgan fingerprint density at radius 2 is 1.88 bits per heavy atom. The first kappa shape index (κ1) is 20.4. The average molecular weight is 431 g/mol. The third kappa shape index (κ3) is 3.36. The zero-order valence-corrected chi connectivity index (χ0v) is 18.1. The maximum absolute atomic E-state index is 12.9. The molecule has 1 aromatic carbocycles. The lowest BCUT2D eigenvalue weighted by molar-refractivity contribution is -0.140. The van der Waals surface area contributed by atoms with E-state index >= 15 is 0 Å². The van der Waals surface area contributed by atoms with Gasteiger partial charge < -0.3 is 19.9 Å². The molecule has 164 valence electrons. The van der Waals surface area contributed by atoms with Gasteiger partial charge in [-0.15, -0.1) is 0 Å². The Bertz CT molecular complexity index is 1170. The number of ether oxygens (including phenoxy) is 3. The molecule has 0 bridgehead atoms. The number of hydrogen-bond donors (Lipinski definition) is 1. The van der Waals surface area contributed by atoms with E-state index in [0.717, 1.165) is 23.1 Å². The molecule has 3 heterocycles. The van der Waals surface area contributed by atoms with Crippen LogP contribution in [0.2, 0.25) is 0 Å². The Kier molecular flexibility index (Phi) is 5.00. The summed E-state index contributed by atoms with van der Waals surface area (Å²) in [7, 11) is 0. The van der Waals surface area contributed by atoms with Gasteiger partial charge in [-0.05, 0) is 43.2 Å². The second kappa shape index (κ2) is 7.86. The molecule has 3 unspecified atom stereocenters. The van der Waals surface area contributed by atoms with Crippen LogP contribution < -0.4 is 5.73 Å². The maximum atomic E-state index is 12.9. The van der Waals surface area contributed by atoms with Gasteiger partial charge in [-0.2, -0.15) is 0 Å². The van der Waals surface area contributed by atoms with Crippen molar-refractivity contribution in [3.63, 3.8) is 0 Å². The van der Waals surface area contributed by atoms with Gasteiger partial charge in [0.05, 0.1) is 11.1 Å². The highest BCUT2D eigenvalue weighted by Crippen LogP contribution is 2.45. The molecule has 32 heavy (non-hydrogen) atoms. The smallest absolute Gasteiger partial charge is 0.331 e. The SMILES string of the molecule is CCCC1=CC(=O)OC2C=C3C(=O)CC(C)OC3=C3C=CC(c4ccccc4N)OC3=C12. The van der Waals surface area contributed by atoms with Gasteiger partial charge in [-0.25, -0.2) is 4.79 Å². The van der Waals surface area contributed by atoms with Crippen LogP contribution in [0.15, 0.2) is 82.4 Å². The molecule has 1 saturated heterocycles. The number of hydrogen-bond acceptors (Lipinski definition) is 6. The van der Waals surface area contributed by atoms with E-state index in [1.807, 2.05) is 43.3 Å². The molecule has 3 atom stereocenters. The van der Waals surface area contributed by atoms with E-state index < -0.39 is 18.2 Å². The topological polar surface area (TPSA) is 87.9 Å². The zero-order chi connectivity index (χ0) is 22.4. The molecule has 0 amide bonds. The molecule has 3 aliphatic heterocycles. The van der Waals surface area contributed by atoms with Gasteiger partial charge in [-0.1, -0.05) is 31.5 Å². The van der Waals surface area contributed by atoms with Crippen LogP contribution in [0, 0.1) is 0 Å². The predicted octanol–water partition coefficient (Wildman–Crippen LogP) is 4.37. The third-order valence-corrected chi connectivity index (χ3v) is 6.06. The first-order valence-electron chi connectivity index (χ1n) is 11.0. The molecule has 0 radical (unpaired) electrons. The number of rotatable bonds is 3. The van der Waals surface area contributed by atoms with Crippen LogP contribution in [-0.2, 0) is 23.8 Å². The van der Waals surface area contributed by atoms with Crippen LogP contribution in [0.5, 0.6) is 0 Å². The molecule has 1 aromatic rings. The van der Waals surface area contributed by atoms with Crippen molar-refractivity contribution in [2.24, 2.45) is 0 Å². The van der Waals surface area contributed by atoms with Crippen molar-refractivity contribution in [2.45, 2.75) is 51.4 Å². The highest BCUT2D eigenvalue weighted by molar-refractivity contribution is 6.01. The predicted molar refractivity (Wildman–Crippen MR) is 119 cm³/mol. The van der Waals surface area contributed by atoms with E-state index in [4.69, 9.17) is 19.9 Å². The third-order valence-electron chi connectivity index (χ3n) is 6.06. The number of ketones is 1. The lowest BCUT2D eigenvalue weighted by Gasteiger charge is -2.31. The van der Waals surface area contributed by atoms with Crippen LogP contribution in [0.3, 0.4) is 0 Å². The highest BCUT2D eigenvalue weighted by atomic mass is 16.5. The molecule has 6 heteroatoms. The summed E-state index contributed by atoms with van der Waals surface area (Å²) in [5.74, 6) is 0.601. The minimum atomic E-state index is -0.715. The van der Waals surface area contributed by atoms with Crippen LogP contribution >= 0.6 is 0 Å². The van der Waals surface area contributed by atoms with Gasteiger partial charge >= 0.3 is 5.97 Å². The molecule has 1 fully saturated rings. The number of Topliss-reactive ketones (excluding diaryl/α,β-unsaturated/α-hetero) is 1. The van der Waals surface area contributed by atoms with Crippen LogP contribution in [-0.4, -0.2) is 24.0 Å². The van der Waals surface area contributed by atoms with Gasteiger partial charge in [-0.3, -0.25) is 4.79 Å². The summed E-state index contributed by atoms with van der Waals surface area (Å²) >= 11 is 0. The molecule has 1 aliphatic carbocycles. The number of carbonyl (C=O) groups is 2. The first-order chi connectivity index (χ1) is 15.5. The summed E-state index contributed by atoms with van der Waals surface area (Å²) in [6.07, 6.45) is 7.51. The van der Waals surface area contributed by atoms with Crippen LogP contribution in [0.1, 0.15) is 44.8 Å². The van der Waals surface area contributed by atoms with Crippen molar-refractivity contribution in [3.05, 3.63) is 87.9 Å². The van der Waals surface area contributed by atoms with E-state index in [1.165, 1.54) is 6.08 Å². The summed E-state index contributed by atoms with van der Waals surface area (Å²) in [6.45, 7) is 3.93. The Balaban J connectivity index is 1.74. The number of esters is 1. The fourth-order valence-electron chi connectivity index (χ4n) is 4.64. The number of nitrogens with two attached hydrogens (primary N) is 1. The van der Waals surface area contributed by atoms with Crippen molar-refractivity contribution in [1.82, 2.24) is 0 Å². The van der Waals surface area contributed by atoms with Crippen molar-refractivity contribution in [2.75, 3.05) is 5.73 Å². The van der Waals surface area contributed by atoms with Crippen molar-refractivity contribution in [3.8, 4) is 0 Å². The molecule has 2 N–H and O–H groups in total. The van der Waals surface area contributed by atoms with Crippen molar-refractivity contribution in [1.29, 1.82) is 0 Å². The van der Waals surface area contributed by atoms with Gasteiger partial charge in [0.25, 0.3) is 0 Å². The molecule has 0 spiro atoms. The molecular weight excluding hydrogens is 406 g/mol. The number of fused-ring (bicyclic) bond motifs is 3. The van der Waals surface area contributed by atoms with Crippen LogP contribution in [0.25, 0.3) is 0 Å². The van der Waals surface area contributed by atoms with Gasteiger partial charge in [0.2, 0.25) is 0 Å². The molecule has 0 aromatic heterocycles. The summed E-state index contributed by atoms with van der Waals surface area (Å²) < 4.78 is 18.4. The molecule has 4 aliphatic rings. The summed E-state index contributed by atoms with van der Waals surface area (Å²) in [5.41, 5.74) is 10.4.